The van der Waals surface area contributed by atoms with E-state index >= 15 is 0 Å². The van der Waals surface area contributed by atoms with Crippen molar-refractivity contribution in [2.45, 2.75) is 25.7 Å². The van der Waals surface area contributed by atoms with Crippen molar-refractivity contribution in [1.29, 1.82) is 0 Å². The molecule has 96 valence electrons. The second kappa shape index (κ2) is 5.91. The fourth-order valence-corrected chi connectivity index (χ4v) is 2.06. The molecule has 1 amide bonds. The predicted molar refractivity (Wildman–Crippen MR) is 74.4 cm³/mol. The first-order valence-corrected chi connectivity index (χ1v) is 6.61. The highest BCUT2D eigenvalue weighted by Gasteiger charge is 2.17. The Morgan fingerprint density at radius 2 is 2.28 bits per heavy atom. The summed E-state index contributed by atoms with van der Waals surface area (Å²) in [6.45, 7) is 0.724. The number of aromatic nitrogens is 1. The largest absolute Gasteiger partial charge is 0.389 e. The first kappa shape index (κ1) is 13.0. The number of rotatable bonds is 5. The molecule has 1 aromatic heterocycles. The summed E-state index contributed by atoms with van der Waals surface area (Å²) in [4.78, 5) is 16.1. The van der Waals surface area contributed by atoms with E-state index in [-0.39, 0.29) is 5.91 Å². The number of hydrogen-bond donors (Lipinski definition) is 2. The fourth-order valence-electron chi connectivity index (χ4n) is 1.94. The van der Waals surface area contributed by atoms with Crippen LogP contribution in [-0.2, 0) is 0 Å². The van der Waals surface area contributed by atoms with Gasteiger partial charge in [-0.05, 0) is 24.5 Å². The van der Waals surface area contributed by atoms with E-state index in [2.05, 4.69) is 10.3 Å². The molecule has 18 heavy (non-hydrogen) atoms. The lowest BCUT2D eigenvalue weighted by Gasteiger charge is -2.25. The molecule has 0 saturated heterocycles. The Kier molecular flexibility index (Phi) is 4.25. The van der Waals surface area contributed by atoms with Gasteiger partial charge >= 0.3 is 0 Å². The van der Waals surface area contributed by atoms with Gasteiger partial charge in [-0.25, -0.2) is 0 Å². The number of thiocarbonyl (C=S) groups is 1. The number of carbonyl (C=O) groups is 1. The van der Waals surface area contributed by atoms with Gasteiger partial charge < -0.3 is 11.1 Å². The Morgan fingerprint density at radius 3 is 2.78 bits per heavy atom. The molecule has 0 unspecified atom stereocenters. The molecule has 3 N–H and O–H groups in total. The smallest absolute Gasteiger partial charge is 0.269 e. The standard InChI is InChI=1S/C13H17N3OS/c14-12(18)10-4-5-11(16-8-10)13(17)15-7-6-9-2-1-3-9/h4-5,8-9H,1-3,6-7H2,(H2,14,18)(H,15,17). The van der Waals surface area contributed by atoms with Crippen molar-refractivity contribution in [2.75, 3.05) is 6.54 Å². The van der Waals surface area contributed by atoms with Crippen LogP contribution >= 0.6 is 12.2 Å². The van der Waals surface area contributed by atoms with E-state index in [0.717, 1.165) is 18.9 Å². The molecule has 0 aromatic carbocycles. The van der Waals surface area contributed by atoms with Crippen molar-refractivity contribution < 1.29 is 4.79 Å². The number of amides is 1. The molecule has 1 saturated carbocycles. The Hall–Kier alpha value is -1.49. The molecular formula is C13H17N3OS. The molecule has 0 atom stereocenters. The Morgan fingerprint density at radius 1 is 1.50 bits per heavy atom. The average molecular weight is 263 g/mol. The molecule has 1 aliphatic carbocycles. The van der Waals surface area contributed by atoms with Crippen LogP contribution in [0.5, 0.6) is 0 Å². The summed E-state index contributed by atoms with van der Waals surface area (Å²) in [6.07, 6.45) is 6.54. The summed E-state index contributed by atoms with van der Waals surface area (Å²) >= 11 is 4.83. The summed E-state index contributed by atoms with van der Waals surface area (Å²) in [7, 11) is 0. The van der Waals surface area contributed by atoms with Gasteiger partial charge in [0.1, 0.15) is 10.7 Å². The van der Waals surface area contributed by atoms with Crippen LogP contribution in [0.2, 0.25) is 0 Å². The highest BCUT2D eigenvalue weighted by molar-refractivity contribution is 7.80. The summed E-state index contributed by atoms with van der Waals surface area (Å²) in [6, 6.07) is 3.36. The van der Waals surface area contributed by atoms with Crippen molar-refractivity contribution in [2.24, 2.45) is 11.7 Å². The van der Waals surface area contributed by atoms with E-state index in [1.54, 1.807) is 12.1 Å². The predicted octanol–water partition coefficient (Wildman–Crippen LogP) is 1.64. The first-order valence-electron chi connectivity index (χ1n) is 6.21. The lowest BCUT2D eigenvalue weighted by atomic mass is 9.83. The maximum Gasteiger partial charge on any atom is 0.269 e. The third-order valence-electron chi connectivity index (χ3n) is 3.34. The van der Waals surface area contributed by atoms with Gasteiger partial charge in [-0.2, -0.15) is 0 Å². The lowest BCUT2D eigenvalue weighted by molar-refractivity contribution is 0.0944. The second-order valence-electron chi connectivity index (χ2n) is 4.64. The third-order valence-corrected chi connectivity index (χ3v) is 3.58. The van der Waals surface area contributed by atoms with E-state index in [0.29, 0.717) is 16.2 Å². The lowest BCUT2D eigenvalue weighted by Crippen LogP contribution is -2.28. The van der Waals surface area contributed by atoms with Crippen molar-refractivity contribution in [3.63, 3.8) is 0 Å². The molecule has 4 nitrogen and oxygen atoms in total. The van der Waals surface area contributed by atoms with Crippen LogP contribution in [0.25, 0.3) is 0 Å². The van der Waals surface area contributed by atoms with Gasteiger partial charge in [0.25, 0.3) is 5.91 Å². The maximum atomic E-state index is 11.8. The minimum Gasteiger partial charge on any atom is -0.389 e. The van der Waals surface area contributed by atoms with E-state index < -0.39 is 0 Å². The molecule has 1 heterocycles. The molecule has 0 aliphatic heterocycles. The van der Waals surface area contributed by atoms with Crippen molar-refractivity contribution in [1.82, 2.24) is 10.3 Å². The number of hydrogen-bond acceptors (Lipinski definition) is 3. The minimum atomic E-state index is -0.135. The van der Waals surface area contributed by atoms with Gasteiger partial charge in [-0.3, -0.25) is 9.78 Å². The van der Waals surface area contributed by atoms with Gasteiger partial charge in [-0.15, -0.1) is 0 Å². The molecule has 1 aliphatic rings. The van der Waals surface area contributed by atoms with E-state index in [1.165, 1.54) is 25.5 Å². The molecule has 2 rings (SSSR count). The van der Waals surface area contributed by atoms with Gasteiger partial charge in [-0.1, -0.05) is 31.5 Å². The zero-order valence-corrected chi connectivity index (χ0v) is 11.0. The van der Waals surface area contributed by atoms with Crippen molar-refractivity contribution >= 4 is 23.1 Å². The van der Waals surface area contributed by atoms with Crippen LogP contribution in [0.15, 0.2) is 18.3 Å². The average Bonchev–Trinajstić information content (AvgIpc) is 2.32. The molecule has 1 aromatic rings. The van der Waals surface area contributed by atoms with Gasteiger partial charge in [0.15, 0.2) is 0 Å². The SMILES string of the molecule is NC(=S)c1ccc(C(=O)NCCC2CCC2)nc1. The van der Waals surface area contributed by atoms with Crippen molar-refractivity contribution in [3.8, 4) is 0 Å². The second-order valence-corrected chi connectivity index (χ2v) is 5.08. The zero-order chi connectivity index (χ0) is 13.0. The molecule has 0 bridgehead atoms. The van der Waals surface area contributed by atoms with E-state index in [1.807, 2.05) is 0 Å². The van der Waals surface area contributed by atoms with Crippen LogP contribution in [-0.4, -0.2) is 22.4 Å². The zero-order valence-electron chi connectivity index (χ0n) is 10.2. The van der Waals surface area contributed by atoms with Crippen LogP contribution in [0, 0.1) is 5.92 Å². The molecule has 5 heteroatoms. The number of pyridine rings is 1. The Balaban J connectivity index is 1.82. The highest BCUT2D eigenvalue weighted by atomic mass is 32.1. The molecule has 0 radical (unpaired) electrons. The number of nitrogens with zero attached hydrogens (tertiary/aromatic N) is 1. The number of nitrogens with two attached hydrogens (primary N) is 1. The van der Waals surface area contributed by atoms with E-state index in [4.69, 9.17) is 18.0 Å². The normalized spacial score (nSPS) is 14.9. The highest BCUT2D eigenvalue weighted by Crippen LogP contribution is 2.28. The van der Waals surface area contributed by atoms with Crippen molar-refractivity contribution in [3.05, 3.63) is 29.6 Å². The third kappa shape index (κ3) is 3.26. The monoisotopic (exact) mass is 263 g/mol. The van der Waals surface area contributed by atoms with Crippen LogP contribution in [0.3, 0.4) is 0 Å². The summed E-state index contributed by atoms with van der Waals surface area (Å²) in [5.41, 5.74) is 6.55. The number of nitrogens with one attached hydrogen (secondary N) is 1. The van der Waals surface area contributed by atoms with Crippen LogP contribution < -0.4 is 11.1 Å². The summed E-state index contributed by atoms with van der Waals surface area (Å²) in [5.74, 6) is 0.666. The first-order chi connectivity index (χ1) is 8.66. The maximum absolute atomic E-state index is 11.8. The van der Waals surface area contributed by atoms with Gasteiger partial charge in [0, 0.05) is 18.3 Å². The van der Waals surface area contributed by atoms with E-state index in [9.17, 15) is 4.79 Å². The number of carbonyl (C=O) groups excluding carboxylic acids is 1. The van der Waals surface area contributed by atoms with Crippen LogP contribution in [0.1, 0.15) is 41.7 Å². The summed E-state index contributed by atoms with van der Waals surface area (Å²) in [5, 5.41) is 2.88. The Labute approximate surface area is 112 Å². The minimum absolute atomic E-state index is 0.135. The van der Waals surface area contributed by atoms with Crippen LogP contribution in [0.4, 0.5) is 0 Å². The summed E-state index contributed by atoms with van der Waals surface area (Å²) < 4.78 is 0. The molecule has 0 spiro atoms. The quantitative estimate of drug-likeness (QED) is 0.792. The topological polar surface area (TPSA) is 68.0 Å². The van der Waals surface area contributed by atoms with Gasteiger partial charge in [0.2, 0.25) is 0 Å². The van der Waals surface area contributed by atoms with Gasteiger partial charge in [0.05, 0.1) is 0 Å². The molecular weight excluding hydrogens is 246 g/mol. The Bertz CT molecular complexity index is 440. The fraction of sp³-hybridized carbons (Fsp3) is 0.462. The molecule has 1 fully saturated rings.